The zero-order valence-electron chi connectivity index (χ0n) is 13.3. The average molecular weight is 299 g/mol. The molecule has 0 aliphatic heterocycles. The van der Waals surface area contributed by atoms with Crippen molar-refractivity contribution >= 4 is 21.8 Å². The number of benzene rings is 2. The van der Waals surface area contributed by atoms with E-state index >= 15 is 0 Å². The highest BCUT2D eigenvalue weighted by Crippen LogP contribution is 2.30. The minimum absolute atomic E-state index is 0.601. The number of aryl methyl sites for hydroxylation is 2. The van der Waals surface area contributed by atoms with Crippen molar-refractivity contribution < 1.29 is 9.47 Å². The Morgan fingerprint density at radius 1 is 1.00 bits per heavy atom. The minimum Gasteiger partial charge on any atom is -0.382 e. The van der Waals surface area contributed by atoms with Crippen molar-refractivity contribution in [2.45, 2.75) is 20.4 Å². The van der Waals surface area contributed by atoms with Crippen molar-refractivity contribution in [3.05, 3.63) is 35.4 Å². The molecule has 0 aliphatic rings. The first-order chi connectivity index (χ1) is 10.7. The lowest BCUT2D eigenvalue weighted by Gasteiger charge is -2.10. The van der Waals surface area contributed by atoms with E-state index in [2.05, 4.69) is 48.4 Å². The van der Waals surface area contributed by atoms with Crippen LogP contribution >= 0.6 is 0 Å². The maximum absolute atomic E-state index is 5.54. The summed E-state index contributed by atoms with van der Waals surface area (Å²) < 4.78 is 12.5. The lowest BCUT2D eigenvalue weighted by Crippen LogP contribution is -2.10. The van der Waals surface area contributed by atoms with Crippen molar-refractivity contribution in [1.29, 1.82) is 0 Å². The van der Waals surface area contributed by atoms with Gasteiger partial charge in [0.25, 0.3) is 0 Å². The van der Waals surface area contributed by atoms with Crippen LogP contribution in [0.15, 0.2) is 24.3 Å². The largest absolute Gasteiger partial charge is 0.382 e. The van der Waals surface area contributed by atoms with Gasteiger partial charge in [-0.05, 0) is 35.7 Å². The second-order valence-electron chi connectivity index (χ2n) is 5.41. The van der Waals surface area contributed by atoms with Gasteiger partial charge < -0.3 is 9.47 Å². The molecule has 5 nitrogen and oxygen atoms in total. The van der Waals surface area contributed by atoms with Crippen LogP contribution in [-0.2, 0) is 16.0 Å². The molecule has 0 saturated heterocycles. The minimum atomic E-state index is 0.601. The molecule has 0 radical (unpaired) electrons. The Bertz CT molecular complexity index is 795. The van der Waals surface area contributed by atoms with E-state index in [1.165, 1.54) is 21.9 Å². The fourth-order valence-corrected chi connectivity index (χ4v) is 2.88. The van der Waals surface area contributed by atoms with E-state index in [9.17, 15) is 0 Å². The Hall–Kier alpha value is -1.98. The van der Waals surface area contributed by atoms with E-state index < -0.39 is 0 Å². The molecule has 116 valence electrons. The van der Waals surface area contributed by atoms with E-state index in [-0.39, 0.29) is 0 Å². The SMILES string of the molecule is COCCOCCn1nnc2c(C)c3ccccc3c(C)c21. The molecular weight excluding hydrogens is 278 g/mol. The van der Waals surface area contributed by atoms with Gasteiger partial charge in [0, 0.05) is 7.11 Å². The van der Waals surface area contributed by atoms with Gasteiger partial charge in [-0.25, -0.2) is 4.68 Å². The molecular formula is C17H21N3O2. The molecule has 0 saturated carbocycles. The smallest absolute Gasteiger partial charge is 0.117 e. The fourth-order valence-electron chi connectivity index (χ4n) is 2.88. The van der Waals surface area contributed by atoms with Crippen LogP contribution in [0.25, 0.3) is 21.8 Å². The Morgan fingerprint density at radius 3 is 2.45 bits per heavy atom. The third-order valence-corrected chi connectivity index (χ3v) is 4.06. The Labute approximate surface area is 129 Å². The van der Waals surface area contributed by atoms with Gasteiger partial charge in [0.05, 0.1) is 31.9 Å². The van der Waals surface area contributed by atoms with E-state index in [4.69, 9.17) is 9.47 Å². The summed E-state index contributed by atoms with van der Waals surface area (Å²) in [5, 5.41) is 11.2. The van der Waals surface area contributed by atoms with E-state index in [1.807, 2.05) is 4.68 Å². The van der Waals surface area contributed by atoms with Crippen LogP contribution in [0.4, 0.5) is 0 Å². The Balaban J connectivity index is 1.96. The summed E-state index contributed by atoms with van der Waals surface area (Å²) in [6.07, 6.45) is 0. The van der Waals surface area contributed by atoms with E-state index in [0.717, 1.165) is 11.0 Å². The van der Waals surface area contributed by atoms with E-state index in [1.54, 1.807) is 7.11 Å². The van der Waals surface area contributed by atoms with Gasteiger partial charge in [0.1, 0.15) is 5.52 Å². The molecule has 0 aliphatic carbocycles. The summed E-state index contributed by atoms with van der Waals surface area (Å²) in [6.45, 7) is 6.75. The quantitative estimate of drug-likeness (QED) is 0.657. The van der Waals surface area contributed by atoms with Gasteiger partial charge in [0.15, 0.2) is 0 Å². The Kier molecular flexibility index (Phi) is 4.36. The van der Waals surface area contributed by atoms with Crippen LogP contribution in [0.5, 0.6) is 0 Å². The lowest BCUT2D eigenvalue weighted by atomic mass is 9.99. The van der Waals surface area contributed by atoms with Crippen LogP contribution in [0.1, 0.15) is 11.1 Å². The monoisotopic (exact) mass is 299 g/mol. The number of methoxy groups -OCH3 is 1. The predicted octanol–water partition coefficient (Wildman–Crippen LogP) is 2.86. The van der Waals surface area contributed by atoms with Crippen LogP contribution in [0.3, 0.4) is 0 Å². The van der Waals surface area contributed by atoms with Crippen molar-refractivity contribution in [3.8, 4) is 0 Å². The first-order valence-electron chi connectivity index (χ1n) is 7.52. The summed E-state index contributed by atoms with van der Waals surface area (Å²) in [5.41, 5.74) is 4.49. The maximum atomic E-state index is 5.54. The van der Waals surface area contributed by atoms with Gasteiger partial charge >= 0.3 is 0 Å². The van der Waals surface area contributed by atoms with Gasteiger partial charge in [-0.15, -0.1) is 5.10 Å². The number of nitrogens with zero attached hydrogens (tertiary/aromatic N) is 3. The molecule has 0 atom stereocenters. The van der Waals surface area contributed by atoms with Gasteiger partial charge in [-0.2, -0.15) is 0 Å². The van der Waals surface area contributed by atoms with Gasteiger partial charge in [0.2, 0.25) is 0 Å². The molecule has 5 heteroatoms. The van der Waals surface area contributed by atoms with E-state index in [0.29, 0.717) is 26.4 Å². The number of hydrogen-bond donors (Lipinski definition) is 0. The van der Waals surface area contributed by atoms with Gasteiger partial charge in [-0.1, -0.05) is 29.5 Å². The number of ether oxygens (including phenoxy) is 2. The maximum Gasteiger partial charge on any atom is 0.117 e. The molecule has 0 unspecified atom stereocenters. The van der Waals surface area contributed by atoms with Crippen LogP contribution < -0.4 is 0 Å². The second-order valence-corrected chi connectivity index (χ2v) is 5.41. The van der Waals surface area contributed by atoms with Crippen molar-refractivity contribution in [1.82, 2.24) is 15.0 Å². The fraction of sp³-hybridized carbons (Fsp3) is 0.412. The molecule has 22 heavy (non-hydrogen) atoms. The lowest BCUT2D eigenvalue weighted by molar-refractivity contribution is 0.0656. The average Bonchev–Trinajstić information content (AvgIpc) is 2.97. The summed E-state index contributed by atoms with van der Waals surface area (Å²) in [5.74, 6) is 0. The zero-order valence-corrected chi connectivity index (χ0v) is 13.3. The van der Waals surface area contributed by atoms with Crippen LogP contribution in [0.2, 0.25) is 0 Å². The van der Waals surface area contributed by atoms with Crippen molar-refractivity contribution in [3.63, 3.8) is 0 Å². The number of hydrogen-bond acceptors (Lipinski definition) is 4. The van der Waals surface area contributed by atoms with Crippen molar-refractivity contribution in [2.24, 2.45) is 0 Å². The molecule has 1 heterocycles. The highest BCUT2D eigenvalue weighted by Gasteiger charge is 2.14. The molecule has 3 rings (SSSR count). The molecule has 2 aromatic carbocycles. The number of aromatic nitrogens is 3. The highest BCUT2D eigenvalue weighted by molar-refractivity contribution is 6.02. The second kappa shape index (κ2) is 6.42. The highest BCUT2D eigenvalue weighted by atomic mass is 16.5. The molecule has 0 bridgehead atoms. The summed E-state index contributed by atoms with van der Waals surface area (Å²) in [7, 11) is 1.67. The first kappa shape index (κ1) is 14.9. The van der Waals surface area contributed by atoms with Crippen LogP contribution in [0, 0.1) is 13.8 Å². The number of rotatable bonds is 6. The summed E-state index contributed by atoms with van der Waals surface area (Å²) >= 11 is 0. The molecule has 0 amide bonds. The molecule has 0 N–H and O–H groups in total. The summed E-state index contributed by atoms with van der Waals surface area (Å²) in [4.78, 5) is 0. The third-order valence-electron chi connectivity index (χ3n) is 4.06. The molecule has 1 aromatic heterocycles. The topological polar surface area (TPSA) is 49.2 Å². The molecule has 0 fully saturated rings. The Morgan fingerprint density at radius 2 is 1.73 bits per heavy atom. The molecule has 0 spiro atoms. The standard InChI is InChI=1S/C17H21N3O2/c1-12-14-6-4-5-7-15(14)13(2)17-16(12)18-19-20(17)8-9-22-11-10-21-3/h4-7H,8-11H2,1-3H3. The van der Waals surface area contributed by atoms with Gasteiger partial charge in [-0.3, -0.25) is 0 Å². The summed E-state index contributed by atoms with van der Waals surface area (Å²) in [6, 6.07) is 8.44. The zero-order chi connectivity index (χ0) is 15.5. The van der Waals surface area contributed by atoms with Crippen molar-refractivity contribution in [2.75, 3.05) is 26.9 Å². The molecule has 3 aromatic rings. The van der Waals surface area contributed by atoms with Crippen LogP contribution in [-0.4, -0.2) is 41.9 Å². The first-order valence-corrected chi connectivity index (χ1v) is 7.52. The predicted molar refractivity (Wildman–Crippen MR) is 87.2 cm³/mol. The normalized spacial score (nSPS) is 11.6. The number of fused-ring (bicyclic) bond motifs is 2. The third kappa shape index (κ3) is 2.58.